The first-order valence-electron chi connectivity index (χ1n) is 6.15. The van der Waals surface area contributed by atoms with E-state index in [1.807, 2.05) is 6.92 Å². The third kappa shape index (κ3) is 4.09. The summed E-state index contributed by atoms with van der Waals surface area (Å²) in [6, 6.07) is 1.15. The van der Waals surface area contributed by atoms with Crippen LogP contribution in [-0.4, -0.2) is 23.0 Å². The molecule has 110 valence electrons. The van der Waals surface area contributed by atoms with Gasteiger partial charge in [-0.25, -0.2) is 9.18 Å². The Hall–Kier alpha value is -1.82. The highest BCUT2D eigenvalue weighted by Crippen LogP contribution is 2.22. The van der Waals surface area contributed by atoms with Gasteiger partial charge in [0.25, 0.3) is 5.91 Å². The van der Waals surface area contributed by atoms with Crippen LogP contribution in [0.1, 0.15) is 36.5 Å². The fourth-order valence-corrected chi connectivity index (χ4v) is 1.88. The Morgan fingerprint density at radius 3 is 2.70 bits per heavy atom. The van der Waals surface area contributed by atoms with Gasteiger partial charge in [0.2, 0.25) is 0 Å². The quantitative estimate of drug-likeness (QED) is 0.704. The van der Waals surface area contributed by atoms with Gasteiger partial charge >= 0.3 is 5.97 Å². The van der Waals surface area contributed by atoms with Crippen molar-refractivity contribution in [3.63, 3.8) is 0 Å². The summed E-state index contributed by atoms with van der Waals surface area (Å²) in [5, 5.41) is 11.4. The van der Waals surface area contributed by atoms with E-state index in [-0.39, 0.29) is 16.3 Å². The summed E-state index contributed by atoms with van der Waals surface area (Å²) in [4.78, 5) is 23.0. The monoisotopic (exact) mass is 302 g/mol. The molecule has 0 aliphatic heterocycles. The van der Waals surface area contributed by atoms with E-state index in [4.69, 9.17) is 22.4 Å². The summed E-state index contributed by atoms with van der Waals surface area (Å²) in [5.74, 6) is -2.72. The van der Waals surface area contributed by atoms with Gasteiger partial charge in [-0.3, -0.25) is 4.79 Å². The minimum atomic E-state index is -1.15. The second-order valence-electron chi connectivity index (χ2n) is 4.36. The van der Waals surface area contributed by atoms with Crippen LogP contribution < -0.4 is 11.1 Å². The van der Waals surface area contributed by atoms with E-state index in [0.717, 1.165) is 12.5 Å². The van der Waals surface area contributed by atoms with Crippen molar-refractivity contribution < 1.29 is 19.1 Å². The summed E-state index contributed by atoms with van der Waals surface area (Å²) in [7, 11) is 0. The van der Waals surface area contributed by atoms with Crippen LogP contribution in [0.15, 0.2) is 12.1 Å². The van der Waals surface area contributed by atoms with Crippen molar-refractivity contribution in [1.29, 1.82) is 0 Å². The van der Waals surface area contributed by atoms with Gasteiger partial charge in [0.05, 0.1) is 11.3 Å². The average molecular weight is 303 g/mol. The molecule has 0 unspecified atom stereocenters. The number of halogens is 2. The molecule has 20 heavy (non-hydrogen) atoms. The molecular weight excluding hydrogens is 287 g/mol. The molecule has 0 aromatic heterocycles. The molecule has 0 aliphatic rings. The minimum Gasteiger partial charge on any atom is -0.480 e. The SMILES string of the molecule is CCCC[C@H](NC(=O)c1cc(Cl)cc(F)c1N)C(=O)O. The molecule has 4 N–H and O–H groups in total. The van der Waals surface area contributed by atoms with E-state index in [2.05, 4.69) is 5.32 Å². The van der Waals surface area contributed by atoms with Gasteiger partial charge < -0.3 is 16.2 Å². The van der Waals surface area contributed by atoms with Crippen molar-refractivity contribution in [2.45, 2.75) is 32.2 Å². The largest absolute Gasteiger partial charge is 0.480 e. The van der Waals surface area contributed by atoms with E-state index in [0.29, 0.717) is 12.8 Å². The van der Waals surface area contributed by atoms with Crippen LogP contribution in [0.2, 0.25) is 5.02 Å². The molecule has 0 radical (unpaired) electrons. The van der Waals surface area contributed by atoms with Gasteiger partial charge in [-0.1, -0.05) is 31.4 Å². The molecule has 1 atom stereocenters. The van der Waals surface area contributed by atoms with Crippen LogP contribution in [0, 0.1) is 5.82 Å². The number of amides is 1. The van der Waals surface area contributed by atoms with Gasteiger partial charge in [0.1, 0.15) is 11.9 Å². The summed E-state index contributed by atoms with van der Waals surface area (Å²) in [5.41, 5.74) is 4.94. The number of carboxylic acids is 1. The first-order valence-corrected chi connectivity index (χ1v) is 6.52. The Morgan fingerprint density at radius 2 is 2.15 bits per heavy atom. The highest BCUT2D eigenvalue weighted by molar-refractivity contribution is 6.31. The highest BCUT2D eigenvalue weighted by Gasteiger charge is 2.22. The molecule has 0 fully saturated rings. The molecule has 1 aromatic rings. The lowest BCUT2D eigenvalue weighted by atomic mass is 10.1. The van der Waals surface area contributed by atoms with Crippen LogP contribution >= 0.6 is 11.6 Å². The number of nitrogens with two attached hydrogens (primary N) is 1. The van der Waals surface area contributed by atoms with Gasteiger partial charge in [-0.2, -0.15) is 0 Å². The summed E-state index contributed by atoms with van der Waals surface area (Å²) in [6.07, 6.45) is 1.74. The fraction of sp³-hybridized carbons (Fsp3) is 0.385. The number of anilines is 1. The number of nitrogen functional groups attached to an aromatic ring is 1. The maximum Gasteiger partial charge on any atom is 0.326 e. The normalized spacial score (nSPS) is 11.9. The Bertz CT molecular complexity index is 523. The predicted octanol–water partition coefficient (Wildman–Crippen LogP) is 2.43. The number of carbonyl (C=O) groups is 2. The number of benzene rings is 1. The summed E-state index contributed by atoms with van der Waals surface area (Å²) < 4.78 is 13.4. The maximum absolute atomic E-state index is 13.4. The van der Waals surface area contributed by atoms with Crippen molar-refractivity contribution in [2.75, 3.05) is 5.73 Å². The third-order valence-electron chi connectivity index (χ3n) is 2.79. The fourth-order valence-electron chi connectivity index (χ4n) is 1.67. The molecule has 0 bridgehead atoms. The summed E-state index contributed by atoms with van der Waals surface area (Å²) in [6.45, 7) is 1.91. The molecule has 1 amide bonds. The standard InChI is InChI=1S/C13H16ClFN2O3/c1-2-3-4-10(13(19)20)17-12(18)8-5-7(14)6-9(15)11(8)16/h5-6,10H,2-4,16H2,1H3,(H,17,18)(H,19,20)/t10-/m0/s1. The van der Waals surface area contributed by atoms with E-state index in [9.17, 15) is 14.0 Å². The zero-order chi connectivity index (χ0) is 15.3. The smallest absolute Gasteiger partial charge is 0.326 e. The van der Waals surface area contributed by atoms with Crippen LogP contribution in [0.3, 0.4) is 0 Å². The molecule has 1 aromatic carbocycles. The van der Waals surface area contributed by atoms with Crippen molar-refractivity contribution in [1.82, 2.24) is 5.32 Å². The lowest BCUT2D eigenvalue weighted by molar-refractivity contribution is -0.139. The third-order valence-corrected chi connectivity index (χ3v) is 3.01. The second kappa shape index (κ2) is 7.09. The van der Waals surface area contributed by atoms with Gasteiger partial charge in [-0.15, -0.1) is 0 Å². The van der Waals surface area contributed by atoms with E-state index in [1.54, 1.807) is 0 Å². The van der Waals surface area contributed by atoms with E-state index < -0.39 is 23.7 Å². The number of unbranched alkanes of at least 4 members (excludes halogenated alkanes) is 1. The topological polar surface area (TPSA) is 92.4 Å². The number of rotatable bonds is 6. The first kappa shape index (κ1) is 16.2. The van der Waals surface area contributed by atoms with Gasteiger partial charge in [0.15, 0.2) is 0 Å². The minimum absolute atomic E-state index is 0.0160. The van der Waals surface area contributed by atoms with Crippen molar-refractivity contribution in [3.05, 3.63) is 28.5 Å². The molecule has 0 saturated heterocycles. The molecule has 7 heteroatoms. The van der Waals surface area contributed by atoms with Crippen molar-refractivity contribution in [2.24, 2.45) is 0 Å². The lowest BCUT2D eigenvalue weighted by Gasteiger charge is -2.15. The molecule has 1 rings (SSSR count). The average Bonchev–Trinajstić information content (AvgIpc) is 2.38. The number of carboxylic acid groups (broad SMARTS) is 1. The van der Waals surface area contributed by atoms with Gasteiger partial charge in [-0.05, 0) is 18.6 Å². The molecule has 0 heterocycles. The number of hydrogen-bond donors (Lipinski definition) is 3. The molecular formula is C13H16ClFN2O3. The maximum atomic E-state index is 13.4. The molecule has 0 spiro atoms. The van der Waals surface area contributed by atoms with Crippen LogP contribution in [0.25, 0.3) is 0 Å². The molecule has 5 nitrogen and oxygen atoms in total. The zero-order valence-corrected chi connectivity index (χ0v) is 11.7. The zero-order valence-electron chi connectivity index (χ0n) is 11.0. The molecule has 0 aliphatic carbocycles. The van der Waals surface area contributed by atoms with Crippen LogP contribution in [0.5, 0.6) is 0 Å². The Morgan fingerprint density at radius 1 is 1.50 bits per heavy atom. The number of hydrogen-bond acceptors (Lipinski definition) is 3. The van der Waals surface area contributed by atoms with E-state index >= 15 is 0 Å². The predicted molar refractivity (Wildman–Crippen MR) is 74.2 cm³/mol. The second-order valence-corrected chi connectivity index (χ2v) is 4.79. The lowest BCUT2D eigenvalue weighted by Crippen LogP contribution is -2.41. The number of carbonyl (C=O) groups excluding carboxylic acids is 1. The first-order chi connectivity index (χ1) is 9.36. The highest BCUT2D eigenvalue weighted by atomic mass is 35.5. The van der Waals surface area contributed by atoms with E-state index in [1.165, 1.54) is 6.07 Å². The van der Waals surface area contributed by atoms with Crippen LogP contribution in [-0.2, 0) is 4.79 Å². The number of nitrogens with one attached hydrogen (secondary N) is 1. The van der Waals surface area contributed by atoms with Gasteiger partial charge in [0, 0.05) is 5.02 Å². The molecule has 0 saturated carbocycles. The van der Waals surface area contributed by atoms with Crippen LogP contribution in [0.4, 0.5) is 10.1 Å². The Kier molecular flexibility index (Phi) is 5.76. The summed E-state index contributed by atoms with van der Waals surface area (Å²) >= 11 is 5.66. The van der Waals surface area contributed by atoms with Crippen molar-refractivity contribution >= 4 is 29.2 Å². The Labute approximate surface area is 120 Å². The van der Waals surface area contributed by atoms with Crippen molar-refractivity contribution in [3.8, 4) is 0 Å². The number of aliphatic carboxylic acids is 1. The Balaban J connectivity index is 2.92.